The van der Waals surface area contributed by atoms with Gasteiger partial charge in [-0.1, -0.05) is 13.3 Å². The number of fused-ring (bicyclic) bond motifs is 1. The van der Waals surface area contributed by atoms with Crippen molar-refractivity contribution in [1.29, 1.82) is 0 Å². The zero-order valence-corrected chi connectivity index (χ0v) is 13.2. The first-order valence-corrected chi connectivity index (χ1v) is 7.66. The van der Waals surface area contributed by atoms with E-state index in [0.717, 1.165) is 18.5 Å². The van der Waals surface area contributed by atoms with Gasteiger partial charge in [-0.15, -0.1) is 0 Å². The van der Waals surface area contributed by atoms with Gasteiger partial charge in [0.25, 0.3) is 0 Å². The van der Waals surface area contributed by atoms with E-state index in [9.17, 15) is 4.79 Å². The van der Waals surface area contributed by atoms with Gasteiger partial charge >= 0.3 is 0 Å². The van der Waals surface area contributed by atoms with E-state index in [1.54, 1.807) is 42.0 Å². The number of hydrogen-bond donors (Lipinski definition) is 0. The fourth-order valence-electron chi connectivity index (χ4n) is 2.52. The van der Waals surface area contributed by atoms with Crippen LogP contribution in [0.1, 0.15) is 42.9 Å². The third kappa shape index (κ3) is 2.95. The second kappa shape index (κ2) is 6.60. The number of unbranched alkanes of at least 4 members (excludes halogenated alkanes) is 1. The van der Waals surface area contributed by atoms with Gasteiger partial charge in [0, 0.05) is 18.0 Å². The van der Waals surface area contributed by atoms with Crippen molar-refractivity contribution in [2.75, 3.05) is 7.11 Å². The maximum atomic E-state index is 13.0. The van der Waals surface area contributed by atoms with Gasteiger partial charge in [-0.05, 0) is 43.1 Å². The minimum absolute atomic E-state index is 0.122. The summed E-state index contributed by atoms with van der Waals surface area (Å²) in [6.07, 6.45) is 5.70. The van der Waals surface area contributed by atoms with Crippen molar-refractivity contribution in [1.82, 2.24) is 14.4 Å². The number of aromatic nitrogens is 3. The normalized spacial score (nSPS) is 11.5. The summed E-state index contributed by atoms with van der Waals surface area (Å²) in [5.41, 5.74) is 1.78. The summed E-state index contributed by atoms with van der Waals surface area (Å²) in [6, 6.07) is 7.24. The molecule has 2 aromatic heterocycles. The number of imidazole rings is 1. The van der Waals surface area contributed by atoms with Crippen molar-refractivity contribution >= 4 is 11.6 Å². The molecule has 0 amide bonds. The summed E-state index contributed by atoms with van der Waals surface area (Å²) >= 11 is 0. The number of ether oxygens (including phenoxy) is 1. The molecule has 0 fully saturated rings. The van der Waals surface area contributed by atoms with Crippen LogP contribution in [0.4, 0.5) is 0 Å². The Morgan fingerprint density at radius 2 is 2.13 bits per heavy atom. The van der Waals surface area contributed by atoms with Gasteiger partial charge in [-0.3, -0.25) is 9.20 Å². The van der Waals surface area contributed by atoms with Gasteiger partial charge in [0.1, 0.15) is 11.4 Å². The number of methoxy groups -OCH3 is 1. The van der Waals surface area contributed by atoms with Crippen molar-refractivity contribution in [2.45, 2.75) is 26.2 Å². The highest BCUT2D eigenvalue weighted by molar-refractivity contribution is 6.09. The molecule has 0 aliphatic rings. The summed E-state index contributed by atoms with van der Waals surface area (Å²) in [5, 5.41) is 0. The lowest BCUT2D eigenvalue weighted by Crippen LogP contribution is -2.08. The Kier molecular flexibility index (Phi) is 4.00. The fraction of sp³-hybridized carbons (Fsp3) is 0.278. The van der Waals surface area contributed by atoms with Gasteiger partial charge in [0.05, 0.1) is 14.2 Å². The number of carbonyl (C=O) groups excluding carboxylic acids is 1. The minimum Gasteiger partial charge on any atom is -0.497 e. The Balaban J connectivity index is 2.10. The van der Waals surface area contributed by atoms with E-state index in [1.165, 1.54) is 6.20 Å². The third-order valence-electron chi connectivity index (χ3n) is 3.76. The molecule has 0 bridgehead atoms. The van der Waals surface area contributed by atoms with Crippen molar-refractivity contribution in [3.8, 4) is 5.75 Å². The molecule has 0 aliphatic carbocycles. The van der Waals surface area contributed by atoms with Gasteiger partial charge in [-0.2, -0.15) is 0 Å². The summed E-state index contributed by atoms with van der Waals surface area (Å²) in [5.74, 6) is 1.03. The first-order chi connectivity index (χ1) is 11.6. The molecular weight excluding hydrogens is 290 g/mol. The van der Waals surface area contributed by atoms with Crippen LogP contribution in [0, 0.1) is 0 Å². The van der Waals surface area contributed by atoms with Crippen LogP contribution in [-0.4, -0.2) is 27.3 Å². The van der Waals surface area contributed by atoms with E-state index in [1.807, 2.05) is 0 Å². The molecule has 1 aromatic carbocycles. The molecule has 0 saturated carbocycles. The quantitative estimate of drug-likeness (QED) is 0.655. The predicted octanol–water partition coefficient (Wildman–Crippen LogP) is 3.31. The summed E-state index contributed by atoms with van der Waals surface area (Å²) < 4.78 is 14.5. The standard InChI is InChI=1S/C18H19N3O2/c1-3-4-6-15-16(21-12-5-11-19-18(21)20-15)17(22)13-7-9-14(23-2)10-8-13/h5,7-12H,3-4,6H2,1-2H3/i5D. The zero-order chi connectivity index (χ0) is 17.1. The Bertz CT molecular complexity index is 872. The monoisotopic (exact) mass is 310 g/mol. The average molecular weight is 310 g/mol. The highest BCUT2D eigenvalue weighted by atomic mass is 16.5. The largest absolute Gasteiger partial charge is 0.497 e. The maximum Gasteiger partial charge on any atom is 0.234 e. The highest BCUT2D eigenvalue weighted by Gasteiger charge is 2.20. The van der Waals surface area contributed by atoms with Crippen LogP contribution in [0.3, 0.4) is 0 Å². The highest BCUT2D eigenvalue weighted by Crippen LogP contribution is 2.20. The van der Waals surface area contributed by atoms with Gasteiger partial charge in [0.2, 0.25) is 11.6 Å². The second-order valence-corrected chi connectivity index (χ2v) is 5.29. The van der Waals surface area contributed by atoms with E-state index in [0.29, 0.717) is 29.2 Å². The molecule has 3 aromatic rings. The fourth-order valence-corrected chi connectivity index (χ4v) is 2.52. The maximum absolute atomic E-state index is 13.0. The van der Waals surface area contributed by atoms with E-state index in [2.05, 4.69) is 16.9 Å². The second-order valence-electron chi connectivity index (χ2n) is 5.29. The molecule has 23 heavy (non-hydrogen) atoms. The molecule has 0 spiro atoms. The summed E-state index contributed by atoms with van der Waals surface area (Å²) in [7, 11) is 1.59. The molecule has 0 aliphatic heterocycles. The van der Waals surface area contributed by atoms with Crippen LogP contribution in [0.2, 0.25) is 0 Å². The first-order valence-electron chi connectivity index (χ1n) is 8.16. The van der Waals surface area contributed by atoms with Crippen LogP contribution in [-0.2, 0) is 6.42 Å². The number of nitrogens with zero attached hydrogens (tertiary/aromatic N) is 3. The first kappa shape index (κ1) is 13.9. The summed E-state index contributed by atoms with van der Waals surface area (Å²) in [6.45, 7) is 2.10. The lowest BCUT2D eigenvalue weighted by molar-refractivity contribution is 0.103. The van der Waals surface area contributed by atoms with Crippen LogP contribution in [0.25, 0.3) is 5.78 Å². The Hall–Kier alpha value is -2.69. The van der Waals surface area contributed by atoms with Crippen molar-refractivity contribution < 1.29 is 10.9 Å². The molecule has 0 radical (unpaired) electrons. The number of ketones is 1. The lowest BCUT2D eigenvalue weighted by Gasteiger charge is -2.05. The van der Waals surface area contributed by atoms with E-state index in [-0.39, 0.29) is 11.8 Å². The Labute approximate surface area is 136 Å². The van der Waals surface area contributed by atoms with Gasteiger partial charge < -0.3 is 4.74 Å². The number of benzene rings is 1. The van der Waals surface area contributed by atoms with E-state index >= 15 is 0 Å². The Morgan fingerprint density at radius 3 is 2.83 bits per heavy atom. The molecule has 0 unspecified atom stereocenters. The molecule has 3 rings (SSSR count). The SMILES string of the molecule is [2H]c1cnc2nc(CCCC)c(C(=O)c3ccc(OC)cc3)n2c1. The topological polar surface area (TPSA) is 56.5 Å². The molecule has 5 nitrogen and oxygen atoms in total. The van der Waals surface area contributed by atoms with Crippen molar-refractivity contribution in [3.05, 3.63) is 59.7 Å². The number of aryl methyl sites for hydroxylation is 1. The molecule has 118 valence electrons. The Morgan fingerprint density at radius 1 is 1.35 bits per heavy atom. The van der Waals surface area contributed by atoms with Crippen LogP contribution >= 0.6 is 0 Å². The van der Waals surface area contributed by atoms with Crippen LogP contribution in [0.15, 0.2) is 42.7 Å². The molecule has 2 heterocycles. The lowest BCUT2D eigenvalue weighted by atomic mass is 10.0. The molecule has 0 saturated heterocycles. The average Bonchev–Trinajstić information content (AvgIpc) is 2.96. The number of carbonyl (C=O) groups is 1. The summed E-state index contributed by atoms with van der Waals surface area (Å²) in [4.78, 5) is 21.7. The van der Waals surface area contributed by atoms with Crippen LogP contribution < -0.4 is 4.74 Å². The van der Waals surface area contributed by atoms with Crippen molar-refractivity contribution in [2.24, 2.45) is 0 Å². The number of hydrogen-bond acceptors (Lipinski definition) is 4. The smallest absolute Gasteiger partial charge is 0.234 e. The van der Waals surface area contributed by atoms with Gasteiger partial charge in [0.15, 0.2) is 0 Å². The molecular formula is C18H19N3O2. The molecule has 0 atom stereocenters. The van der Waals surface area contributed by atoms with E-state index in [4.69, 9.17) is 6.11 Å². The molecule has 5 heteroatoms. The van der Waals surface area contributed by atoms with Crippen molar-refractivity contribution in [3.63, 3.8) is 0 Å². The minimum atomic E-state index is -0.122. The molecule has 0 N–H and O–H groups in total. The third-order valence-corrected chi connectivity index (χ3v) is 3.76. The van der Waals surface area contributed by atoms with Crippen LogP contribution in [0.5, 0.6) is 5.75 Å². The number of rotatable bonds is 6. The van der Waals surface area contributed by atoms with E-state index < -0.39 is 0 Å². The zero-order valence-electron chi connectivity index (χ0n) is 14.2. The van der Waals surface area contributed by atoms with Gasteiger partial charge in [-0.25, -0.2) is 9.97 Å². The predicted molar refractivity (Wildman–Crippen MR) is 88.0 cm³/mol.